The minimum absolute atomic E-state index is 0.476. The van der Waals surface area contributed by atoms with E-state index in [0.717, 1.165) is 5.56 Å². The highest BCUT2D eigenvalue weighted by atomic mass is 16.5. The van der Waals surface area contributed by atoms with Gasteiger partial charge in [-0.25, -0.2) is 4.98 Å². The van der Waals surface area contributed by atoms with E-state index in [-0.39, 0.29) is 0 Å². The SMILES string of the molecule is COc1ccc(/C=C\C(N)=O)cn1. The predicted molar refractivity (Wildman–Crippen MR) is 49.0 cm³/mol. The summed E-state index contributed by atoms with van der Waals surface area (Å²) in [6.07, 6.45) is 4.47. The molecule has 0 aliphatic rings. The molecule has 0 unspecified atom stereocenters. The summed E-state index contributed by atoms with van der Waals surface area (Å²) in [6, 6.07) is 3.49. The Hall–Kier alpha value is -1.84. The molecule has 0 spiro atoms. The lowest BCUT2D eigenvalue weighted by Crippen LogP contribution is -2.05. The number of hydrogen-bond donors (Lipinski definition) is 1. The number of rotatable bonds is 3. The quantitative estimate of drug-likeness (QED) is 0.689. The summed E-state index contributed by atoms with van der Waals surface area (Å²) in [5, 5.41) is 0. The van der Waals surface area contributed by atoms with Crippen LogP contribution in [0.15, 0.2) is 24.4 Å². The Balaban J connectivity index is 2.75. The van der Waals surface area contributed by atoms with E-state index < -0.39 is 5.91 Å². The average molecular weight is 178 g/mol. The number of hydrogen-bond acceptors (Lipinski definition) is 3. The van der Waals surface area contributed by atoms with Crippen molar-refractivity contribution in [3.63, 3.8) is 0 Å². The zero-order valence-electron chi connectivity index (χ0n) is 7.23. The monoisotopic (exact) mass is 178 g/mol. The number of ether oxygens (including phenoxy) is 1. The first-order valence-corrected chi connectivity index (χ1v) is 3.70. The second kappa shape index (κ2) is 4.25. The van der Waals surface area contributed by atoms with Crippen molar-refractivity contribution in [2.24, 2.45) is 5.73 Å². The number of carbonyl (C=O) groups is 1. The van der Waals surface area contributed by atoms with Crippen molar-refractivity contribution in [3.05, 3.63) is 30.0 Å². The Kier molecular flexibility index (Phi) is 3.03. The van der Waals surface area contributed by atoms with Crippen LogP contribution >= 0.6 is 0 Å². The molecule has 1 rings (SSSR count). The summed E-state index contributed by atoms with van der Waals surface area (Å²) in [7, 11) is 1.54. The fourth-order valence-electron chi connectivity index (χ4n) is 0.789. The van der Waals surface area contributed by atoms with Gasteiger partial charge in [-0.3, -0.25) is 4.79 Å². The van der Waals surface area contributed by atoms with Gasteiger partial charge in [-0.1, -0.05) is 0 Å². The molecule has 0 aliphatic heterocycles. The van der Waals surface area contributed by atoms with Gasteiger partial charge >= 0.3 is 0 Å². The molecule has 1 heterocycles. The van der Waals surface area contributed by atoms with Crippen LogP contribution in [-0.4, -0.2) is 18.0 Å². The summed E-state index contributed by atoms with van der Waals surface area (Å²) in [5.41, 5.74) is 5.73. The number of nitrogens with zero attached hydrogens (tertiary/aromatic N) is 1. The molecule has 0 saturated carbocycles. The van der Waals surface area contributed by atoms with E-state index in [1.54, 1.807) is 31.5 Å². The van der Waals surface area contributed by atoms with E-state index in [1.165, 1.54) is 6.08 Å². The summed E-state index contributed by atoms with van der Waals surface area (Å²) in [6.45, 7) is 0. The maximum Gasteiger partial charge on any atom is 0.241 e. The van der Waals surface area contributed by atoms with Gasteiger partial charge in [-0.2, -0.15) is 0 Å². The minimum Gasteiger partial charge on any atom is -0.481 e. The van der Waals surface area contributed by atoms with Gasteiger partial charge in [0.1, 0.15) is 0 Å². The van der Waals surface area contributed by atoms with Crippen LogP contribution in [0.2, 0.25) is 0 Å². The Labute approximate surface area is 76.0 Å². The molecule has 13 heavy (non-hydrogen) atoms. The van der Waals surface area contributed by atoms with Gasteiger partial charge in [0.2, 0.25) is 11.8 Å². The molecular weight excluding hydrogens is 168 g/mol. The van der Waals surface area contributed by atoms with E-state index in [2.05, 4.69) is 4.98 Å². The number of aromatic nitrogens is 1. The molecule has 0 radical (unpaired) electrons. The molecule has 2 N–H and O–H groups in total. The van der Waals surface area contributed by atoms with Crippen LogP contribution in [-0.2, 0) is 4.79 Å². The first-order valence-electron chi connectivity index (χ1n) is 3.70. The van der Waals surface area contributed by atoms with Crippen molar-refractivity contribution in [3.8, 4) is 5.88 Å². The lowest BCUT2D eigenvalue weighted by Gasteiger charge is -1.97. The summed E-state index contributed by atoms with van der Waals surface area (Å²) >= 11 is 0. The van der Waals surface area contributed by atoms with Crippen LogP contribution in [0.5, 0.6) is 5.88 Å². The largest absolute Gasteiger partial charge is 0.481 e. The highest BCUT2D eigenvalue weighted by Gasteiger charge is 1.91. The first kappa shape index (κ1) is 9.25. The lowest BCUT2D eigenvalue weighted by molar-refractivity contribution is -0.113. The van der Waals surface area contributed by atoms with E-state index >= 15 is 0 Å². The van der Waals surface area contributed by atoms with E-state index in [0.29, 0.717) is 5.88 Å². The van der Waals surface area contributed by atoms with E-state index in [1.807, 2.05) is 0 Å². The number of pyridine rings is 1. The van der Waals surface area contributed by atoms with E-state index in [9.17, 15) is 4.79 Å². The average Bonchev–Trinajstić information content (AvgIpc) is 2.15. The summed E-state index contributed by atoms with van der Waals surface area (Å²) in [4.78, 5) is 14.3. The molecule has 1 amide bonds. The molecule has 1 aromatic rings. The molecule has 4 heteroatoms. The molecule has 0 aromatic carbocycles. The fraction of sp³-hybridized carbons (Fsp3) is 0.111. The molecular formula is C9H10N2O2. The van der Waals surface area contributed by atoms with Crippen molar-refractivity contribution in [1.29, 1.82) is 0 Å². The van der Waals surface area contributed by atoms with E-state index in [4.69, 9.17) is 10.5 Å². The van der Waals surface area contributed by atoms with Crippen molar-refractivity contribution in [1.82, 2.24) is 4.98 Å². The van der Waals surface area contributed by atoms with Gasteiger partial charge in [0.25, 0.3) is 0 Å². The molecule has 68 valence electrons. The number of amides is 1. The van der Waals surface area contributed by atoms with Crippen LogP contribution in [0, 0.1) is 0 Å². The Morgan fingerprint density at radius 3 is 2.85 bits per heavy atom. The normalized spacial score (nSPS) is 10.2. The fourth-order valence-corrected chi connectivity index (χ4v) is 0.789. The second-order valence-electron chi connectivity index (χ2n) is 2.37. The first-order chi connectivity index (χ1) is 6.22. The van der Waals surface area contributed by atoms with Crippen molar-refractivity contribution in [2.45, 2.75) is 0 Å². The minimum atomic E-state index is -0.476. The van der Waals surface area contributed by atoms with Crippen LogP contribution < -0.4 is 10.5 Å². The Morgan fingerprint density at radius 1 is 1.62 bits per heavy atom. The van der Waals surface area contributed by atoms with Crippen molar-refractivity contribution >= 4 is 12.0 Å². The number of primary amides is 1. The molecule has 0 fully saturated rings. The van der Waals surface area contributed by atoms with Gasteiger partial charge < -0.3 is 10.5 Å². The highest BCUT2D eigenvalue weighted by Crippen LogP contribution is 2.07. The summed E-state index contributed by atoms with van der Waals surface area (Å²) < 4.78 is 4.87. The lowest BCUT2D eigenvalue weighted by atomic mass is 10.2. The molecule has 0 bridgehead atoms. The maximum absolute atomic E-state index is 10.4. The smallest absolute Gasteiger partial charge is 0.241 e. The molecule has 0 aliphatic carbocycles. The highest BCUT2D eigenvalue weighted by molar-refractivity contribution is 5.90. The van der Waals surface area contributed by atoms with Crippen molar-refractivity contribution in [2.75, 3.05) is 7.11 Å². The van der Waals surface area contributed by atoms with Crippen LogP contribution in [0.4, 0.5) is 0 Å². The third kappa shape index (κ3) is 2.94. The standard InChI is InChI=1S/C9H10N2O2/c1-13-9-5-3-7(6-11-9)2-4-8(10)12/h2-6H,1H3,(H2,10,12)/b4-2-. The van der Waals surface area contributed by atoms with Gasteiger partial charge in [0, 0.05) is 18.3 Å². The van der Waals surface area contributed by atoms with Gasteiger partial charge in [0.15, 0.2) is 0 Å². The zero-order chi connectivity index (χ0) is 9.68. The molecule has 0 atom stereocenters. The summed E-state index contributed by atoms with van der Waals surface area (Å²) in [5.74, 6) is 0.0621. The number of nitrogens with two attached hydrogens (primary N) is 1. The molecule has 0 saturated heterocycles. The third-order valence-electron chi connectivity index (χ3n) is 1.41. The second-order valence-corrected chi connectivity index (χ2v) is 2.37. The third-order valence-corrected chi connectivity index (χ3v) is 1.41. The Bertz CT molecular complexity index is 317. The Morgan fingerprint density at radius 2 is 2.38 bits per heavy atom. The number of methoxy groups -OCH3 is 1. The van der Waals surface area contributed by atoms with Gasteiger partial charge in [0.05, 0.1) is 7.11 Å². The zero-order valence-corrected chi connectivity index (χ0v) is 7.23. The maximum atomic E-state index is 10.4. The van der Waals surface area contributed by atoms with Crippen LogP contribution in [0.3, 0.4) is 0 Å². The molecule has 4 nitrogen and oxygen atoms in total. The van der Waals surface area contributed by atoms with Crippen molar-refractivity contribution < 1.29 is 9.53 Å². The van der Waals surface area contributed by atoms with Crippen LogP contribution in [0.25, 0.3) is 6.08 Å². The topological polar surface area (TPSA) is 65.2 Å². The molecule has 1 aromatic heterocycles. The van der Waals surface area contributed by atoms with Crippen LogP contribution in [0.1, 0.15) is 5.56 Å². The van der Waals surface area contributed by atoms with Gasteiger partial charge in [-0.15, -0.1) is 0 Å². The predicted octanol–water partition coefficient (Wildman–Crippen LogP) is 0.589. The number of carbonyl (C=O) groups excluding carboxylic acids is 1. The van der Waals surface area contributed by atoms with Gasteiger partial charge in [-0.05, 0) is 17.7 Å².